The minimum Gasteiger partial charge on any atom is -0.335 e. The highest BCUT2D eigenvalue weighted by molar-refractivity contribution is 6.31. The number of halogens is 1. The number of benzene rings is 1. The van der Waals surface area contributed by atoms with Crippen molar-refractivity contribution in [3.05, 3.63) is 34.9 Å². The van der Waals surface area contributed by atoms with Gasteiger partial charge < -0.3 is 10.6 Å². The second-order valence-corrected chi connectivity index (χ2v) is 6.65. The highest BCUT2D eigenvalue weighted by atomic mass is 35.5. The maximum Gasteiger partial charge on any atom is 0.226 e. The molecule has 0 aromatic heterocycles. The van der Waals surface area contributed by atoms with Crippen molar-refractivity contribution in [3.63, 3.8) is 0 Å². The SMILES string of the molecule is NCC1CCCC1C(=O)N1CCCC1c1ccccc1Cl. The van der Waals surface area contributed by atoms with Gasteiger partial charge in [-0.3, -0.25) is 4.79 Å². The minimum atomic E-state index is 0.123. The molecule has 3 unspecified atom stereocenters. The van der Waals surface area contributed by atoms with E-state index in [0.29, 0.717) is 18.4 Å². The summed E-state index contributed by atoms with van der Waals surface area (Å²) in [6.07, 6.45) is 5.28. The Bertz CT molecular complexity index is 519. The number of likely N-dealkylation sites (tertiary alicyclic amines) is 1. The van der Waals surface area contributed by atoms with Gasteiger partial charge >= 0.3 is 0 Å². The fraction of sp³-hybridized carbons (Fsp3) is 0.588. The van der Waals surface area contributed by atoms with E-state index in [2.05, 4.69) is 4.90 Å². The van der Waals surface area contributed by atoms with E-state index in [-0.39, 0.29) is 12.0 Å². The Morgan fingerprint density at radius 1 is 1.24 bits per heavy atom. The molecule has 1 aromatic carbocycles. The summed E-state index contributed by atoms with van der Waals surface area (Å²) in [5, 5.41) is 0.768. The number of amides is 1. The monoisotopic (exact) mass is 306 g/mol. The Balaban J connectivity index is 1.81. The van der Waals surface area contributed by atoms with Crippen molar-refractivity contribution in [1.82, 2.24) is 4.90 Å². The molecule has 0 radical (unpaired) electrons. The number of nitrogens with two attached hydrogens (primary N) is 1. The van der Waals surface area contributed by atoms with Gasteiger partial charge in [-0.15, -0.1) is 0 Å². The zero-order chi connectivity index (χ0) is 14.8. The van der Waals surface area contributed by atoms with Crippen molar-refractivity contribution in [3.8, 4) is 0 Å². The molecule has 0 spiro atoms. The van der Waals surface area contributed by atoms with Crippen LogP contribution in [0.4, 0.5) is 0 Å². The third kappa shape index (κ3) is 2.82. The Morgan fingerprint density at radius 3 is 2.81 bits per heavy atom. The van der Waals surface area contributed by atoms with Crippen molar-refractivity contribution in [2.45, 2.75) is 38.1 Å². The van der Waals surface area contributed by atoms with Crippen LogP contribution in [0.3, 0.4) is 0 Å². The summed E-state index contributed by atoms with van der Waals surface area (Å²) < 4.78 is 0. The topological polar surface area (TPSA) is 46.3 Å². The Labute approximate surface area is 131 Å². The van der Waals surface area contributed by atoms with Crippen molar-refractivity contribution >= 4 is 17.5 Å². The molecular weight excluding hydrogens is 284 g/mol. The number of hydrogen-bond donors (Lipinski definition) is 1. The van der Waals surface area contributed by atoms with E-state index in [4.69, 9.17) is 17.3 Å². The molecule has 3 nitrogen and oxygen atoms in total. The second-order valence-electron chi connectivity index (χ2n) is 6.24. The third-order valence-corrected chi connectivity index (χ3v) is 5.42. The maximum absolute atomic E-state index is 12.9. The van der Waals surface area contributed by atoms with E-state index in [1.54, 1.807) is 0 Å². The summed E-state index contributed by atoms with van der Waals surface area (Å²) in [7, 11) is 0. The van der Waals surface area contributed by atoms with E-state index in [1.807, 2.05) is 24.3 Å². The summed E-state index contributed by atoms with van der Waals surface area (Å²) >= 11 is 6.33. The standard InChI is InChI=1S/C17H23ClN2O/c18-15-8-2-1-6-14(15)16-9-4-10-20(16)17(21)13-7-3-5-12(13)11-19/h1-2,6,8,12-13,16H,3-5,7,9-11,19H2. The van der Waals surface area contributed by atoms with Crippen LogP contribution in [0.5, 0.6) is 0 Å². The Hall–Kier alpha value is -1.06. The molecule has 21 heavy (non-hydrogen) atoms. The van der Waals surface area contributed by atoms with Gasteiger partial charge in [0.25, 0.3) is 0 Å². The Kier molecular flexibility index (Phi) is 4.51. The predicted molar refractivity (Wildman–Crippen MR) is 85.0 cm³/mol. The van der Waals surface area contributed by atoms with Gasteiger partial charge in [0, 0.05) is 17.5 Å². The van der Waals surface area contributed by atoms with Crippen molar-refractivity contribution in [2.75, 3.05) is 13.1 Å². The van der Waals surface area contributed by atoms with Gasteiger partial charge in [-0.25, -0.2) is 0 Å². The van der Waals surface area contributed by atoms with Crippen LogP contribution in [-0.2, 0) is 4.79 Å². The van der Waals surface area contributed by atoms with Crippen LogP contribution in [0.2, 0.25) is 5.02 Å². The first-order valence-corrected chi connectivity index (χ1v) is 8.35. The molecule has 1 aliphatic carbocycles. The van der Waals surface area contributed by atoms with Gasteiger partial charge in [0.1, 0.15) is 0 Å². The molecule has 4 heteroatoms. The van der Waals surface area contributed by atoms with Gasteiger partial charge in [-0.2, -0.15) is 0 Å². The van der Waals surface area contributed by atoms with Gasteiger partial charge in [0.15, 0.2) is 0 Å². The molecule has 1 aliphatic heterocycles. The Morgan fingerprint density at radius 2 is 2.05 bits per heavy atom. The molecular formula is C17H23ClN2O. The van der Waals surface area contributed by atoms with Crippen molar-refractivity contribution in [2.24, 2.45) is 17.6 Å². The zero-order valence-corrected chi connectivity index (χ0v) is 13.1. The van der Waals surface area contributed by atoms with Crippen LogP contribution in [0.25, 0.3) is 0 Å². The van der Waals surface area contributed by atoms with Crippen LogP contribution in [0.15, 0.2) is 24.3 Å². The molecule has 1 aromatic rings. The highest BCUT2D eigenvalue weighted by Crippen LogP contribution is 2.40. The van der Waals surface area contributed by atoms with E-state index >= 15 is 0 Å². The van der Waals surface area contributed by atoms with Gasteiger partial charge in [-0.1, -0.05) is 36.2 Å². The zero-order valence-electron chi connectivity index (χ0n) is 12.3. The molecule has 114 valence electrons. The number of hydrogen-bond acceptors (Lipinski definition) is 2. The molecule has 2 aliphatic rings. The number of carbonyl (C=O) groups is 1. The van der Waals surface area contributed by atoms with Gasteiger partial charge in [0.2, 0.25) is 5.91 Å². The summed E-state index contributed by atoms with van der Waals surface area (Å²) in [5.41, 5.74) is 6.93. The van der Waals surface area contributed by atoms with E-state index in [1.165, 1.54) is 0 Å². The largest absolute Gasteiger partial charge is 0.335 e. The lowest BCUT2D eigenvalue weighted by Crippen LogP contribution is -2.38. The normalized spacial score (nSPS) is 29.0. The lowest BCUT2D eigenvalue weighted by Gasteiger charge is -2.30. The molecule has 2 fully saturated rings. The van der Waals surface area contributed by atoms with Crippen LogP contribution in [0, 0.1) is 11.8 Å². The highest BCUT2D eigenvalue weighted by Gasteiger charge is 2.39. The fourth-order valence-electron chi connectivity index (χ4n) is 3.96. The first-order chi connectivity index (χ1) is 10.2. The molecule has 3 atom stereocenters. The molecule has 2 N–H and O–H groups in total. The average molecular weight is 307 g/mol. The second kappa shape index (κ2) is 6.37. The number of nitrogens with zero attached hydrogens (tertiary/aromatic N) is 1. The predicted octanol–water partition coefficient (Wildman–Crippen LogP) is 3.38. The molecule has 1 amide bonds. The quantitative estimate of drug-likeness (QED) is 0.930. The lowest BCUT2D eigenvalue weighted by atomic mass is 9.94. The molecule has 0 bridgehead atoms. The maximum atomic E-state index is 12.9. The van der Waals surface area contributed by atoms with E-state index in [9.17, 15) is 4.79 Å². The van der Waals surface area contributed by atoms with Gasteiger partial charge in [-0.05, 0) is 49.8 Å². The smallest absolute Gasteiger partial charge is 0.226 e. The lowest BCUT2D eigenvalue weighted by molar-refractivity contribution is -0.137. The van der Waals surface area contributed by atoms with E-state index in [0.717, 1.165) is 49.2 Å². The number of rotatable bonds is 3. The summed E-state index contributed by atoms with van der Waals surface area (Å²) in [4.78, 5) is 15.0. The van der Waals surface area contributed by atoms with Crippen LogP contribution < -0.4 is 5.73 Å². The van der Waals surface area contributed by atoms with Crippen LogP contribution in [-0.4, -0.2) is 23.9 Å². The van der Waals surface area contributed by atoms with Gasteiger partial charge in [0.05, 0.1) is 6.04 Å². The summed E-state index contributed by atoms with van der Waals surface area (Å²) in [5.74, 6) is 0.786. The van der Waals surface area contributed by atoms with Crippen molar-refractivity contribution < 1.29 is 4.79 Å². The van der Waals surface area contributed by atoms with Crippen LogP contribution >= 0.6 is 11.6 Å². The van der Waals surface area contributed by atoms with E-state index < -0.39 is 0 Å². The third-order valence-electron chi connectivity index (χ3n) is 5.08. The minimum absolute atomic E-state index is 0.123. The number of carbonyl (C=O) groups excluding carboxylic acids is 1. The molecule has 1 saturated carbocycles. The molecule has 3 rings (SSSR count). The molecule has 1 saturated heterocycles. The summed E-state index contributed by atoms with van der Waals surface area (Å²) in [6, 6.07) is 8.05. The summed E-state index contributed by atoms with van der Waals surface area (Å²) in [6.45, 7) is 1.48. The molecule has 1 heterocycles. The first-order valence-electron chi connectivity index (χ1n) is 7.97. The van der Waals surface area contributed by atoms with Crippen LogP contribution in [0.1, 0.15) is 43.7 Å². The average Bonchev–Trinajstić information content (AvgIpc) is 3.16. The van der Waals surface area contributed by atoms with Crippen molar-refractivity contribution in [1.29, 1.82) is 0 Å². The fourth-order valence-corrected chi connectivity index (χ4v) is 4.22. The first kappa shape index (κ1) is 14.9.